The molecule has 0 atom stereocenters. The summed E-state index contributed by atoms with van der Waals surface area (Å²) in [6.45, 7) is 3.76. The van der Waals surface area contributed by atoms with Gasteiger partial charge in [-0.05, 0) is 47.7 Å². The molecule has 0 bridgehead atoms. The molecule has 2 nitrogen and oxygen atoms in total. The molecule has 0 saturated carbocycles. The van der Waals surface area contributed by atoms with Crippen LogP contribution in [-0.4, -0.2) is 4.57 Å². The number of rotatable bonds is 4. The summed E-state index contributed by atoms with van der Waals surface area (Å²) in [5.74, 6) is 0. The van der Waals surface area contributed by atoms with Crippen LogP contribution in [0, 0.1) is 0 Å². The van der Waals surface area contributed by atoms with E-state index in [1.54, 1.807) is 0 Å². The van der Waals surface area contributed by atoms with E-state index in [9.17, 15) is 0 Å². The van der Waals surface area contributed by atoms with Crippen molar-refractivity contribution in [3.8, 4) is 0 Å². The third-order valence-electron chi connectivity index (χ3n) is 3.46. The number of nitrogens with zero attached hydrogens (tertiary/aromatic N) is 1. The Balaban J connectivity index is 1.92. The van der Waals surface area contributed by atoms with Crippen molar-refractivity contribution in [2.24, 2.45) is 5.73 Å². The van der Waals surface area contributed by atoms with E-state index in [1.807, 2.05) is 11.3 Å². The van der Waals surface area contributed by atoms with E-state index in [1.165, 1.54) is 26.2 Å². The fraction of sp³-hybridized carbons (Fsp3) is 0.250. The maximum atomic E-state index is 5.68. The van der Waals surface area contributed by atoms with Crippen LogP contribution in [0.25, 0.3) is 10.9 Å². The number of fused-ring (bicyclic) bond motifs is 1. The monoisotopic (exact) mass is 270 g/mol. The summed E-state index contributed by atoms with van der Waals surface area (Å²) in [7, 11) is 0. The second kappa shape index (κ2) is 5.19. The molecule has 3 aromatic rings. The molecule has 2 aromatic heterocycles. The van der Waals surface area contributed by atoms with Gasteiger partial charge in [0.05, 0.1) is 6.54 Å². The summed E-state index contributed by atoms with van der Waals surface area (Å²) in [6, 6.07) is 13.1. The molecule has 3 heteroatoms. The van der Waals surface area contributed by atoms with Crippen molar-refractivity contribution in [2.75, 3.05) is 0 Å². The second-order valence-corrected chi connectivity index (χ2v) is 6.02. The predicted octanol–water partition coefficient (Wildman–Crippen LogP) is 3.77. The molecule has 0 spiro atoms. The highest BCUT2D eigenvalue weighted by molar-refractivity contribution is 7.11. The number of aryl methyl sites for hydroxylation is 1. The van der Waals surface area contributed by atoms with Gasteiger partial charge in [-0.1, -0.05) is 13.0 Å². The van der Waals surface area contributed by atoms with Gasteiger partial charge in [0.25, 0.3) is 0 Å². The highest BCUT2D eigenvalue weighted by Crippen LogP contribution is 2.22. The lowest BCUT2D eigenvalue weighted by atomic mass is 10.1. The molecular weight excluding hydrogens is 252 g/mol. The van der Waals surface area contributed by atoms with Crippen LogP contribution in [-0.2, 0) is 19.5 Å². The van der Waals surface area contributed by atoms with Crippen LogP contribution in [0.3, 0.4) is 0 Å². The van der Waals surface area contributed by atoms with Crippen molar-refractivity contribution in [3.05, 3.63) is 57.9 Å². The van der Waals surface area contributed by atoms with Crippen LogP contribution >= 0.6 is 11.3 Å². The maximum absolute atomic E-state index is 5.68. The first-order valence-electron chi connectivity index (χ1n) is 6.65. The lowest BCUT2D eigenvalue weighted by molar-refractivity contribution is 0.851. The van der Waals surface area contributed by atoms with Crippen molar-refractivity contribution in [1.82, 2.24) is 4.57 Å². The number of hydrogen-bond donors (Lipinski definition) is 1. The van der Waals surface area contributed by atoms with Gasteiger partial charge in [-0.15, -0.1) is 11.3 Å². The molecule has 98 valence electrons. The first kappa shape index (κ1) is 12.5. The first-order chi connectivity index (χ1) is 9.30. The minimum atomic E-state index is 0.603. The Labute approximate surface area is 117 Å². The minimum absolute atomic E-state index is 0.603. The number of thiophene rings is 1. The van der Waals surface area contributed by atoms with Gasteiger partial charge >= 0.3 is 0 Å². The number of benzene rings is 1. The predicted molar refractivity (Wildman–Crippen MR) is 82.6 cm³/mol. The molecule has 0 aliphatic rings. The first-order valence-corrected chi connectivity index (χ1v) is 7.47. The Morgan fingerprint density at radius 3 is 2.68 bits per heavy atom. The summed E-state index contributed by atoms with van der Waals surface area (Å²) < 4.78 is 2.31. The van der Waals surface area contributed by atoms with Gasteiger partial charge in [-0.2, -0.15) is 0 Å². The molecule has 0 fully saturated rings. The highest BCUT2D eigenvalue weighted by atomic mass is 32.1. The highest BCUT2D eigenvalue weighted by Gasteiger charge is 2.04. The Kier molecular flexibility index (Phi) is 3.40. The molecule has 19 heavy (non-hydrogen) atoms. The Bertz CT molecular complexity index is 694. The standard InChI is InChI=1S/C16H18N2S/c1-2-14-4-5-15(19-14)11-18-8-7-13-9-12(10-17)3-6-16(13)18/h3-9H,2,10-11,17H2,1H3. The number of hydrogen-bond acceptors (Lipinski definition) is 2. The van der Waals surface area contributed by atoms with Gasteiger partial charge in [0, 0.05) is 28.0 Å². The molecule has 1 aromatic carbocycles. The van der Waals surface area contributed by atoms with Gasteiger partial charge in [0.15, 0.2) is 0 Å². The van der Waals surface area contributed by atoms with Crippen molar-refractivity contribution < 1.29 is 0 Å². The van der Waals surface area contributed by atoms with E-state index in [2.05, 4.69) is 54.1 Å². The summed E-state index contributed by atoms with van der Waals surface area (Å²) in [5.41, 5.74) is 8.15. The van der Waals surface area contributed by atoms with Crippen molar-refractivity contribution in [3.63, 3.8) is 0 Å². The zero-order chi connectivity index (χ0) is 13.2. The Hall–Kier alpha value is -1.58. The van der Waals surface area contributed by atoms with Gasteiger partial charge in [-0.3, -0.25) is 0 Å². The number of aromatic nitrogens is 1. The van der Waals surface area contributed by atoms with Gasteiger partial charge in [-0.25, -0.2) is 0 Å². The molecule has 0 saturated heterocycles. The minimum Gasteiger partial charge on any atom is -0.342 e. The van der Waals surface area contributed by atoms with Gasteiger partial charge < -0.3 is 10.3 Å². The smallest absolute Gasteiger partial charge is 0.0569 e. The Morgan fingerprint density at radius 1 is 1.11 bits per heavy atom. The molecule has 0 amide bonds. The second-order valence-electron chi connectivity index (χ2n) is 4.76. The fourth-order valence-electron chi connectivity index (χ4n) is 2.38. The third-order valence-corrected chi connectivity index (χ3v) is 4.68. The zero-order valence-electron chi connectivity index (χ0n) is 11.1. The van der Waals surface area contributed by atoms with Crippen LogP contribution in [0.15, 0.2) is 42.6 Å². The average Bonchev–Trinajstić information content (AvgIpc) is 3.06. The number of nitrogens with two attached hydrogens (primary N) is 1. The Morgan fingerprint density at radius 2 is 1.95 bits per heavy atom. The summed E-state index contributed by atoms with van der Waals surface area (Å²) in [6.07, 6.45) is 3.28. The maximum Gasteiger partial charge on any atom is 0.0569 e. The zero-order valence-corrected chi connectivity index (χ0v) is 11.9. The van der Waals surface area contributed by atoms with Gasteiger partial charge in [0.1, 0.15) is 0 Å². The summed E-state index contributed by atoms with van der Waals surface area (Å²) in [5, 5.41) is 1.27. The molecule has 0 radical (unpaired) electrons. The summed E-state index contributed by atoms with van der Waals surface area (Å²) in [4.78, 5) is 2.87. The fourth-order valence-corrected chi connectivity index (χ4v) is 3.34. The normalized spacial score (nSPS) is 11.3. The lowest BCUT2D eigenvalue weighted by Crippen LogP contribution is -1.97. The summed E-state index contributed by atoms with van der Waals surface area (Å²) >= 11 is 1.91. The van der Waals surface area contributed by atoms with Crippen LogP contribution in [0.5, 0.6) is 0 Å². The van der Waals surface area contributed by atoms with Gasteiger partial charge in [0.2, 0.25) is 0 Å². The van der Waals surface area contributed by atoms with E-state index in [4.69, 9.17) is 5.73 Å². The van der Waals surface area contributed by atoms with Crippen LogP contribution in [0.4, 0.5) is 0 Å². The quantitative estimate of drug-likeness (QED) is 0.768. The lowest BCUT2D eigenvalue weighted by Gasteiger charge is -2.04. The van der Waals surface area contributed by atoms with Crippen LogP contribution < -0.4 is 5.73 Å². The van der Waals surface area contributed by atoms with Crippen LogP contribution in [0.2, 0.25) is 0 Å². The topological polar surface area (TPSA) is 30.9 Å². The van der Waals surface area contributed by atoms with Crippen molar-refractivity contribution in [2.45, 2.75) is 26.4 Å². The molecule has 3 rings (SSSR count). The molecule has 0 aliphatic heterocycles. The van der Waals surface area contributed by atoms with Crippen molar-refractivity contribution >= 4 is 22.2 Å². The average molecular weight is 270 g/mol. The molecule has 2 N–H and O–H groups in total. The van der Waals surface area contributed by atoms with Crippen LogP contribution in [0.1, 0.15) is 22.2 Å². The van der Waals surface area contributed by atoms with E-state index in [0.29, 0.717) is 6.54 Å². The van der Waals surface area contributed by atoms with Crippen molar-refractivity contribution in [1.29, 1.82) is 0 Å². The largest absolute Gasteiger partial charge is 0.342 e. The van der Waals surface area contributed by atoms with E-state index in [0.717, 1.165) is 13.0 Å². The molecule has 0 aliphatic carbocycles. The van der Waals surface area contributed by atoms with E-state index >= 15 is 0 Å². The third kappa shape index (κ3) is 2.44. The SMILES string of the molecule is CCc1ccc(Cn2ccc3cc(CN)ccc32)s1. The molecular formula is C16H18N2S. The van der Waals surface area contributed by atoms with E-state index in [-0.39, 0.29) is 0 Å². The molecule has 2 heterocycles. The molecule has 0 unspecified atom stereocenters. The van der Waals surface area contributed by atoms with E-state index < -0.39 is 0 Å².